The number of hydrogen-bond acceptors (Lipinski definition) is 3. The summed E-state index contributed by atoms with van der Waals surface area (Å²) in [5.41, 5.74) is 3.31. The summed E-state index contributed by atoms with van der Waals surface area (Å²) in [6.45, 7) is 8.12. The molecule has 2 aliphatic rings. The zero-order valence-corrected chi connectivity index (χ0v) is 19.0. The molecule has 1 aromatic carbocycles. The monoisotopic (exact) mass is 452 g/mol. The highest BCUT2D eigenvalue weighted by molar-refractivity contribution is 7.90. The number of alkyl halides is 2. The van der Waals surface area contributed by atoms with Crippen molar-refractivity contribution in [3.05, 3.63) is 41.6 Å². The van der Waals surface area contributed by atoms with Crippen LogP contribution in [0, 0.1) is 5.41 Å². The Labute approximate surface area is 182 Å². The van der Waals surface area contributed by atoms with Gasteiger partial charge in [-0.1, -0.05) is 39.0 Å². The maximum atomic E-state index is 14.1. The third kappa shape index (κ3) is 5.02. The van der Waals surface area contributed by atoms with Gasteiger partial charge in [-0.05, 0) is 41.9 Å². The number of nitrogens with one attached hydrogen (secondary N) is 1. The Morgan fingerprint density at radius 1 is 1.26 bits per heavy atom. The average Bonchev–Trinajstić information content (AvgIpc) is 3.51. The Balaban J connectivity index is 1.81. The highest BCUT2D eigenvalue weighted by Gasteiger charge is 2.40. The zero-order chi connectivity index (χ0) is 22.4. The van der Waals surface area contributed by atoms with Crippen molar-refractivity contribution in [1.29, 1.82) is 0 Å². The highest BCUT2D eigenvalue weighted by atomic mass is 32.2. The molecule has 1 aromatic heterocycles. The van der Waals surface area contributed by atoms with Crippen molar-refractivity contribution >= 4 is 26.5 Å². The van der Waals surface area contributed by atoms with Gasteiger partial charge in [0.05, 0.1) is 18.5 Å². The maximum Gasteiger partial charge on any atom is 0.258 e. The molecule has 170 valence electrons. The van der Waals surface area contributed by atoms with E-state index in [9.17, 15) is 17.2 Å². The summed E-state index contributed by atoms with van der Waals surface area (Å²) in [4.78, 5) is 0. The minimum absolute atomic E-state index is 0.0784. The van der Waals surface area contributed by atoms with Crippen LogP contribution < -0.4 is 4.72 Å². The predicted molar refractivity (Wildman–Crippen MR) is 119 cm³/mol. The van der Waals surface area contributed by atoms with Gasteiger partial charge in [0.2, 0.25) is 10.0 Å². The smallest absolute Gasteiger partial charge is 0.258 e. The molecule has 0 amide bonds. The number of aromatic nitrogens is 1. The van der Waals surface area contributed by atoms with Gasteiger partial charge >= 0.3 is 0 Å². The van der Waals surface area contributed by atoms with Crippen molar-refractivity contribution in [3.8, 4) is 0 Å². The molecule has 8 heteroatoms. The first-order valence-corrected chi connectivity index (χ1v) is 12.3. The Bertz CT molecular complexity index is 1100. The molecule has 1 saturated carbocycles. The van der Waals surface area contributed by atoms with Crippen LogP contribution in [0.25, 0.3) is 16.5 Å². The molecule has 2 heterocycles. The fraction of sp³-hybridized carbons (Fsp3) is 0.565. The normalized spacial score (nSPS) is 19.1. The third-order valence-corrected chi connectivity index (χ3v) is 7.66. The van der Waals surface area contributed by atoms with Crippen LogP contribution in [0.3, 0.4) is 0 Å². The number of benzene rings is 1. The molecule has 0 spiro atoms. The van der Waals surface area contributed by atoms with Crippen molar-refractivity contribution in [2.24, 2.45) is 5.41 Å². The quantitative estimate of drug-likeness (QED) is 0.651. The maximum absolute atomic E-state index is 14.1. The molecule has 1 atom stereocenters. The molecule has 0 radical (unpaired) electrons. The van der Waals surface area contributed by atoms with Gasteiger partial charge in [0.1, 0.15) is 6.04 Å². The van der Waals surface area contributed by atoms with Crippen LogP contribution in [-0.2, 0) is 21.3 Å². The second-order valence-electron chi connectivity index (χ2n) is 9.73. The van der Waals surface area contributed by atoms with Crippen molar-refractivity contribution in [1.82, 2.24) is 9.29 Å². The minimum atomic E-state index is -3.76. The largest absolute Gasteiger partial charge is 0.377 e. The first-order valence-electron chi connectivity index (χ1n) is 10.7. The lowest BCUT2D eigenvalue weighted by Crippen LogP contribution is -2.35. The Hall–Kier alpha value is -1.77. The van der Waals surface area contributed by atoms with E-state index in [1.165, 1.54) is 5.57 Å². The van der Waals surface area contributed by atoms with Gasteiger partial charge in [0.15, 0.2) is 0 Å². The molecule has 1 aliphatic heterocycles. The average molecular weight is 453 g/mol. The van der Waals surface area contributed by atoms with Crippen LogP contribution in [0.2, 0.25) is 0 Å². The number of ether oxygens (including phenoxy) is 1. The van der Waals surface area contributed by atoms with E-state index in [0.29, 0.717) is 43.5 Å². The summed E-state index contributed by atoms with van der Waals surface area (Å²) in [6.07, 6.45) is 2.76. The van der Waals surface area contributed by atoms with Crippen LogP contribution in [0.5, 0.6) is 0 Å². The molecular formula is C23H30F2N2O3S. The van der Waals surface area contributed by atoms with E-state index in [2.05, 4.69) is 25.5 Å². The molecule has 1 N–H and O–H groups in total. The number of nitrogens with zero attached hydrogens (tertiary/aromatic N) is 1. The summed E-state index contributed by atoms with van der Waals surface area (Å²) in [5, 5.41) is 0.105. The van der Waals surface area contributed by atoms with E-state index in [1.54, 1.807) is 6.20 Å². The molecule has 5 nitrogen and oxygen atoms in total. The van der Waals surface area contributed by atoms with E-state index < -0.39 is 27.7 Å². The molecule has 1 aliphatic carbocycles. The van der Waals surface area contributed by atoms with Crippen LogP contribution in [0.15, 0.2) is 30.5 Å². The molecule has 1 fully saturated rings. The Kier molecular flexibility index (Phi) is 6.00. The van der Waals surface area contributed by atoms with Gasteiger partial charge in [-0.2, -0.15) is 0 Å². The number of rotatable bonds is 7. The standard InChI is InChI=1S/C23H30F2N2O3S/c1-23(2,3)14-27-13-19(21(22(24)25)26-31(28,29)17-5-6-17)18-7-4-16(12-20(18)27)15-8-10-30-11-9-15/h4,7-8,12-13,17,21-22,26H,5-6,9-11,14H2,1-3H3/t21-/m0/s1. The van der Waals surface area contributed by atoms with Crippen LogP contribution in [0.4, 0.5) is 8.78 Å². The molecule has 0 bridgehead atoms. The summed E-state index contributed by atoms with van der Waals surface area (Å²) in [5.74, 6) is 0. The van der Waals surface area contributed by atoms with Gasteiger partial charge in [-0.3, -0.25) is 0 Å². The zero-order valence-electron chi connectivity index (χ0n) is 18.2. The lowest BCUT2D eigenvalue weighted by Gasteiger charge is -2.20. The molecule has 2 aromatic rings. The number of halogens is 2. The lowest BCUT2D eigenvalue weighted by atomic mass is 9.96. The van der Waals surface area contributed by atoms with E-state index in [4.69, 9.17) is 4.74 Å². The topological polar surface area (TPSA) is 60.3 Å². The number of hydrogen-bond donors (Lipinski definition) is 1. The Morgan fingerprint density at radius 2 is 2.00 bits per heavy atom. The fourth-order valence-corrected chi connectivity index (χ4v) is 5.63. The fourth-order valence-electron chi connectivity index (χ4n) is 4.10. The van der Waals surface area contributed by atoms with Crippen molar-refractivity contribution in [2.45, 2.75) is 64.3 Å². The molecule has 0 unspecified atom stereocenters. The molecule has 4 rings (SSSR count). The molecule has 0 saturated heterocycles. The second kappa shape index (κ2) is 8.30. The van der Waals surface area contributed by atoms with Crippen LogP contribution >= 0.6 is 0 Å². The SMILES string of the molecule is CC(C)(C)Cn1cc([C@H](NS(=O)(=O)C2CC2)C(F)F)c2ccc(C3=CCOCC3)cc21. The second-order valence-corrected chi connectivity index (χ2v) is 11.7. The first kappa shape index (κ1) is 22.4. The highest BCUT2D eigenvalue weighted by Crippen LogP contribution is 2.36. The van der Waals surface area contributed by atoms with Crippen molar-refractivity contribution in [2.75, 3.05) is 13.2 Å². The minimum Gasteiger partial charge on any atom is -0.377 e. The first-order chi connectivity index (χ1) is 14.5. The van der Waals surface area contributed by atoms with Gasteiger partial charge in [0.25, 0.3) is 6.43 Å². The molecule has 31 heavy (non-hydrogen) atoms. The van der Waals surface area contributed by atoms with Gasteiger partial charge in [-0.15, -0.1) is 0 Å². The predicted octanol–water partition coefficient (Wildman–Crippen LogP) is 4.88. The summed E-state index contributed by atoms with van der Waals surface area (Å²) in [7, 11) is -3.76. The Morgan fingerprint density at radius 3 is 2.58 bits per heavy atom. The lowest BCUT2D eigenvalue weighted by molar-refractivity contribution is 0.109. The summed E-state index contributed by atoms with van der Waals surface area (Å²) in [6, 6.07) is 4.24. The third-order valence-electron chi connectivity index (χ3n) is 5.73. The number of sulfonamides is 1. The van der Waals surface area contributed by atoms with Gasteiger partial charge < -0.3 is 9.30 Å². The van der Waals surface area contributed by atoms with E-state index in [-0.39, 0.29) is 5.41 Å². The van der Waals surface area contributed by atoms with Crippen LogP contribution in [0.1, 0.15) is 57.2 Å². The summed E-state index contributed by atoms with van der Waals surface area (Å²) < 4.78 is 62.7. The number of fused-ring (bicyclic) bond motifs is 1. The summed E-state index contributed by atoms with van der Waals surface area (Å²) >= 11 is 0. The van der Waals surface area contributed by atoms with E-state index >= 15 is 0 Å². The van der Waals surface area contributed by atoms with Crippen LogP contribution in [-0.4, -0.2) is 37.9 Å². The van der Waals surface area contributed by atoms with Crippen molar-refractivity contribution < 1.29 is 21.9 Å². The molecular weight excluding hydrogens is 422 g/mol. The van der Waals surface area contributed by atoms with Crippen molar-refractivity contribution in [3.63, 3.8) is 0 Å². The van der Waals surface area contributed by atoms with E-state index in [0.717, 1.165) is 17.5 Å². The van der Waals surface area contributed by atoms with Gasteiger partial charge in [0, 0.05) is 29.2 Å². The van der Waals surface area contributed by atoms with Gasteiger partial charge in [-0.25, -0.2) is 21.9 Å². The van der Waals surface area contributed by atoms with E-state index in [1.807, 2.05) is 28.8 Å².